The zero-order valence-electron chi connectivity index (χ0n) is 14.9. The molecule has 0 saturated heterocycles. The highest BCUT2D eigenvalue weighted by Gasteiger charge is 2.33. The van der Waals surface area contributed by atoms with Gasteiger partial charge in [0.15, 0.2) is 0 Å². The van der Waals surface area contributed by atoms with E-state index in [0.717, 1.165) is 6.07 Å². The van der Waals surface area contributed by atoms with Gasteiger partial charge in [0.2, 0.25) is 5.75 Å². The van der Waals surface area contributed by atoms with Crippen LogP contribution in [0, 0.1) is 10.1 Å². The van der Waals surface area contributed by atoms with E-state index in [2.05, 4.69) is 5.32 Å². The Labute approximate surface area is 173 Å². The molecule has 0 saturated carbocycles. The Morgan fingerprint density at radius 2 is 1.63 bits per heavy atom. The van der Waals surface area contributed by atoms with Gasteiger partial charge < -0.3 is 10.1 Å². The number of carbonyl (C=O) groups excluding carboxylic acids is 1. The monoisotopic (exact) mass is 436 g/mol. The topological polar surface area (TPSA) is 81.5 Å². The van der Waals surface area contributed by atoms with E-state index in [1.54, 1.807) is 24.3 Å². The summed E-state index contributed by atoms with van der Waals surface area (Å²) in [7, 11) is 0. The molecular weight excluding hydrogens is 425 g/mol. The Morgan fingerprint density at radius 1 is 1.00 bits per heavy atom. The smallest absolute Gasteiger partial charge is 0.416 e. The zero-order valence-corrected chi connectivity index (χ0v) is 15.7. The van der Waals surface area contributed by atoms with Crippen LogP contribution < -0.4 is 10.1 Å². The summed E-state index contributed by atoms with van der Waals surface area (Å²) in [5.41, 5.74) is -1.17. The first kappa shape index (κ1) is 21.1. The van der Waals surface area contributed by atoms with Crippen molar-refractivity contribution in [3.63, 3.8) is 0 Å². The molecule has 0 atom stereocenters. The van der Waals surface area contributed by atoms with E-state index in [0.29, 0.717) is 22.8 Å². The molecule has 0 radical (unpaired) electrons. The zero-order chi connectivity index (χ0) is 21.9. The molecule has 154 valence electrons. The highest BCUT2D eigenvalue weighted by atomic mass is 35.5. The standard InChI is InChI=1S/C20H12ClF3N2O4/c21-14-4-6-15(7-5-14)25-19(27)12-1-8-16(9-2-12)30-18-10-3-13(20(22,23)24)11-17(18)26(28)29/h1-11H,(H,25,27). The van der Waals surface area contributed by atoms with Crippen molar-refractivity contribution in [2.45, 2.75) is 6.18 Å². The summed E-state index contributed by atoms with van der Waals surface area (Å²) in [5.74, 6) is -0.656. The van der Waals surface area contributed by atoms with E-state index in [4.69, 9.17) is 16.3 Å². The van der Waals surface area contributed by atoms with Crippen LogP contribution in [0.15, 0.2) is 66.7 Å². The summed E-state index contributed by atoms with van der Waals surface area (Å²) in [5, 5.41) is 14.3. The minimum Gasteiger partial charge on any atom is -0.450 e. The maximum absolute atomic E-state index is 12.8. The SMILES string of the molecule is O=C(Nc1ccc(Cl)cc1)c1ccc(Oc2ccc(C(F)(F)F)cc2[N+](=O)[O-])cc1. The van der Waals surface area contributed by atoms with Crippen LogP contribution in [-0.4, -0.2) is 10.8 Å². The van der Waals surface area contributed by atoms with Gasteiger partial charge in [0, 0.05) is 22.3 Å². The molecule has 0 spiro atoms. The molecule has 6 nitrogen and oxygen atoms in total. The fraction of sp³-hybridized carbons (Fsp3) is 0.0500. The molecule has 10 heteroatoms. The van der Waals surface area contributed by atoms with Crippen molar-refractivity contribution in [2.75, 3.05) is 5.32 Å². The van der Waals surface area contributed by atoms with E-state index < -0.39 is 28.3 Å². The quantitative estimate of drug-likeness (QED) is 0.375. The molecule has 0 heterocycles. The van der Waals surface area contributed by atoms with Crippen molar-refractivity contribution in [1.29, 1.82) is 0 Å². The molecule has 0 aliphatic rings. The fourth-order valence-corrected chi connectivity index (χ4v) is 2.59. The van der Waals surface area contributed by atoms with Crippen molar-refractivity contribution in [1.82, 2.24) is 0 Å². The molecule has 0 fully saturated rings. The van der Waals surface area contributed by atoms with Crippen LogP contribution in [0.25, 0.3) is 0 Å². The molecule has 1 amide bonds. The van der Waals surface area contributed by atoms with Gasteiger partial charge in [-0.1, -0.05) is 11.6 Å². The molecule has 0 aliphatic heterocycles. The van der Waals surface area contributed by atoms with E-state index in [-0.39, 0.29) is 17.1 Å². The summed E-state index contributed by atoms with van der Waals surface area (Å²) in [6, 6.07) is 14.0. The number of anilines is 1. The molecule has 3 rings (SSSR count). The maximum Gasteiger partial charge on any atom is 0.416 e. The van der Waals surface area contributed by atoms with Crippen molar-refractivity contribution in [2.24, 2.45) is 0 Å². The molecule has 3 aromatic carbocycles. The van der Waals surface area contributed by atoms with E-state index in [1.165, 1.54) is 24.3 Å². The number of halogens is 4. The van der Waals surface area contributed by atoms with E-state index >= 15 is 0 Å². The number of alkyl halides is 3. The maximum atomic E-state index is 12.8. The number of hydrogen-bond donors (Lipinski definition) is 1. The average Bonchev–Trinajstić information content (AvgIpc) is 2.69. The average molecular weight is 437 g/mol. The minimum absolute atomic E-state index is 0.112. The van der Waals surface area contributed by atoms with E-state index in [9.17, 15) is 28.1 Å². The predicted octanol–water partition coefficient (Wildman–Crippen LogP) is 6.31. The van der Waals surface area contributed by atoms with Gasteiger partial charge in [-0.05, 0) is 60.7 Å². The molecule has 0 unspecified atom stereocenters. The fourth-order valence-electron chi connectivity index (χ4n) is 2.46. The molecule has 0 aliphatic carbocycles. The van der Waals surface area contributed by atoms with Crippen LogP contribution >= 0.6 is 11.6 Å². The Hall–Kier alpha value is -3.59. The lowest BCUT2D eigenvalue weighted by Crippen LogP contribution is -2.11. The third-order valence-corrected chi connectivity index (χ3v) is 4.18. The number of nitrogens with zero attached hydrogens (tertiary/aromatic N) is 1. The number of nitrogens with one attached hydrogen (secondary N) is 1. The summed E-state index contributed by atoms with van der Waals surface area (Å²) in [6.07, 6.45) is -4.72. The Morgan fingerprint density at radius 3 is 2.20 bits per heavy atom. The molecule has 0 aromatic heterocycles. The molecule has 30 heavy (non-hydrogen) atoms. The second kappa shape index (κ2) is 8.42. The lowest BCUT2D eigenvalue weighted by Gasteiger charge is -2.10. The van der Waals surface area contributed by atoms with E-state index in [1.807, 2.05) is 0 Å². The molecule has 1 N–H and O–H groups in total. The summed E-state index contributed by atoms with van der Waals surface area (Å²) >= 11 is 5.79. The van der Waals surface area contributed by atoms with Gasteiger partial charge in [-0.3, -0.25) is 14.9 Å². The number of amides is 1. The number of hydrogen-bond acceptors (Lipinski definition) is 4. The van der Waals surface area contributed by atoms with Gasteiger partial charge >= 0.3 is 11.9 Å². The molecule has 0 bridgehead atoms. The largest absolute Gasteiger partial charge is 0.450 e. The van der Waals surface area contributed by atoms with Crippen LogP contribution in [-0.2, 0) is 6.18 Å². The summed E-state index contributed by atoms with van der Waals surface area (Å²) < 4.78 is 43.7. The predicted molar refractivity (Wildman–Crippen MR) is 104 cm³/mol. The lowest BCUT2D eigenvalue weighted by molar-refractivity contribution is -0.385. The molecule has 3 aromatic rings. The number of nitro groups is 1. The third kappa shape index (κ3) is 5.06. The van der Waals surface area contributed by atoms with Gasteiger partial charge in [-0.15, -0.1) is 0 Å². The van der Waals surface area contributed by atoms with Crippen LogP contribution in [0.1, 0.15) is 15.9 Å². The van der Waals surface area contributed by atoms with Crippen molar-refractivity contribution >= 4 is 28.9 Å². The minimum atomic E-state index is -4.72. The first-order valence-electron chi connectivity index (χ1n) is 8.34. The van der Waals surface area contributed by atoms with Gasteiger partial charge in [0.1, 0.15) is 5.75 Å². The highest BCUT2D eigenvalue weighted by Crippen LogP contribution is 2.37. The number of carbonyl (C=O) groups is 1. The summed E-state index contributed by atoms with van der Waals surface area (Å²) in [4.78, 5) is 22.4. The second-order valence-corrected chi connectivity index (χ2v) is 6.46. The Kier molecular flexibility index (Phi) is 5.93. The number of nitro benzene ring substituents is 1. The number of rotatable bonds is 5. The van der Waals surface area contributed by atoms with Gasteiger partial charge in [0.25, 0.3) is 5.91 Å². The highest BCUT2D eigenvalue weighted by molar-refractivity contribution is 6.30. The number of benzene rings is 3. The van der Waals surface area contributed by atoms with Gasteiger partial charge in [0.05, 0.1) is 10.5 Å². The normalized spacial score (nSPS) is 11.1. The van der Waals surface area contributed by atoms with Crippen molar-refractivity contribution in [3.05, 3.63) is 93.0 Å². The van der Waals surface area contributed by atoms with Gasteiger partial charge in [-0.2, -0.15) is 13.2 Å². The third-order valence-electron chi connectivity index (χ3n) is 3.93. The number of ether oxygens (including phenoxy) is 1. The van der Waals surface area contributed by atoms with Crippen LogP contribution in [0.2, 0.25) is 5.02 Å². The molecular formula is C20H12ClF3N2O4. The Bertz CT molecular complexity index is 1080. The van der Waals surface area contributed by atoms with Gasteiger partial charge in [-0.25, -0.2) is 0 Å². The van der Waals surface area contributed by atoms with Crippen LogP contribution in [0.4, 0.5) is 24.5 Å². The lowest BCUT2D eigenvalue weighted by atomic mass is 10.1. The van der Waals surface area contributed by atoms with Crippen LogP contribution in [0.5, 0.6) is 11.5 Å². The Balaban J connectivity index is 1.76. The summed E-state index contributed by atoms with van der Waals surface area (Å²) in [6.45, 7) is 0. The first-order valence-corrected chi connectivity index (χ1v) is 8.72. The second-order valence-electron chi connectivity index (χ2n) is 6.02. The van der Waals surface area contributed by atoms with Crippen molar-refractivity contribution in [3.8, 4) is 11.5 Å². The first-order chi connectivity index (χ1) is 14.1. The van der Waals surface area contributed by atoms with Crippen LogP contribution in [0.3, 0.4) is 0 Å². The van der Waals surface area contributed by atoms with Crippen molar-refractivity contribution < 1.29 is 27.6 Å².